The lowest BCUT2D eigenvalue weighted by Crippen LogP contribution is -2.18. The molecule has 0 aromatic heterocycles. The average Bonchev–Trinajstić information content (AvgIpc) is 2.90. The van der Waals surface area contributed by atoms with E-state index in [-0.39, 0.29) is 11.9 Å². The molecule has 0 bridgehead atoms. The van der Waals surface area contributed by atoms with Crippen molar-refractivity contribution in [3.63, 3.8) is 0 Å². The smallest absolute Gasteiger partial charge is 0.123 e. The molecule has 0 aliphatic carbocycles. The van der Waals surface area contributed by atoms with E-state index >= 15 is 0 Å². The summed E-state index contributed by atoms with van der Waals surface area (Å²) < 4.78 is 18.2. The van der Waals surface area contributed by atoms with Crippen LogP contribution in [-0.2, 0) is 0 Å². The fourth-order valence-corrected chi connectivity index (χ4v) is 2.45. The number of amidine groups is 1. The van der Waals surface area contributed by atoms with E-state index in [2.05, 4.69) is 5.10 Å². The summed E-state index contributed by atoms with van der Waals surface area (Å²) in [6, 6.07) is 14.0. The van der Waals surface area contributed by atoms with E-state index < -0.39 is 0 Å². The van der Waals surface area contributed by atoms with Gasteiger partial charge in [0.25, 0.3) is 0 Å². The second kappa shape index (κ2) is 5.44. The Morgan fingerprint density at radius 1 is 1.14 bits per heavy atom. The number of anilines is 1. The summed E-state index contributed by atoms with van der Waals surface area (Å²) in [6.45, 7) is 0. The first-order valence-electron chi connectivity index (χ1n) is 6.69. The van der Waals surface area contributed by atoms with Gasteiger partial charge in [0.05, 0.1) is 18.8 Å². The van der Waals surface area contributed by atoms with Crippen LogP contribution in [0.2, 0.25) is 0 Å². The Labute approximate surface area is 122 Å². The molecule has 1 heterocycles. The Morgan fingerprint density at radius 2 is 1.81 bits per heavy atom. The molecule has 2 aromatic rings. The van der Waals surface area contributed by atoms with Crippen molar-refractivity contribution in [3.05, 3.63) is 59.9 Å². The molecule has 5 heteroatoms. The first kappa shape index (κ1) is 13.4. The molecule has 0 fully saturated rings. The maximum Gasteiger partial charge on any atom is 0.123 e. The van der Waals surface area contributed by atoms with E-state index in [1.165, 1.54) is 12.1 Å². The fourth-order valence-electron chi connectivity index (χ4n) is 2.45. The second-order valence-electron chi connectivity index (χ2n) is 4.91. The molecule has 1 atom stereocenters. The Balaban J connectivity index is 1.92. The molecule has 2 N–H and O–H groups in total. The van der Waals surface area contributed by atoms with Crippen LogP contribution in [0.15, 0.2) is 53.6 Å². The number of benzene rings is 2. The SMILES string of the molecule is COc1ccc(N2N=C(N)CC2c2ccc(F)cc2)cc1. The monoisotopic (exact) mass is 285 g/mol. The molecule has 0 amide bonds. The fraction of sp³-hybridized carbons (Fsp3) is 0.188. The van der Waals surface area contributed by atoms with Gasteiger partial charge in [-0.05, 0) is 42.0 Å². The van der Waals surface area contributed by atoms with E-state index in [9.17, 15) is 4.39 Å². The molecule has 1 unspecified atom stereocenters. The van der Waals surface area contributed by atoms with Crippen molar-refractivity contribution in [1.82, 2.24) is 0 Å². The van der Waals surface area contributed by atoms with Crippen LogP contribution >= 0.6 is 0 Å². The molecule has 1 aliphatic heterocycles. The molecular formula is C16H16FN3O. The zero-order valence-corrected chi connectivity index (χ0v) is 11.7. The topological polar surface area (TPSA) is 50.8 Å². The van der Waals surface area contributed by atoms with Crippen LogP contribution in [0.25, 0.3) is 0 Å². The van der Waals surface area contributed by atoms with Gasteiger partial charge in [-0.2, -0.15) is 5.10 Å². The molecule has 108 valence electrons. The maximum atomic E-state index is 13.1. The number of ether oxygens (including phenoxy) is 1. The lowest BCUT2D eigenvalue weighted by atomic mass is 10.0. The van der Waals surface area contributed by atoms with E-state index in [0.29, 0.717) is 12.3 Å². The van der Waals surface area contributed by atoms with Crippen molar-refractivity contribution in [2.24, 2.45) is 10.8 Å². The first-order valence-corrected chi connectivity index (χ1v) is 6.69. The van der Waals surface area contributed by atoms with Gasteiger partial charge in [-0.1, -0.05) is 12.1 Å². The van der Waals surface area contributed by atoms with E-state index in [4.69, 9.17) is 10.5 Å². The third-order valence-electron chi connectivity index (χ3n) is 3.53. The highest BCUT2D eigenvalue weighted by atomic mass is 19.1. The summed E-state index contributed by atoms with van der Waals surface area (Å²) in [4.78, 5) is 0. The summed E-state index contributed by atoms with van der Waals surface area (Å²) >= 11 is 0. The molecule has 0 radical (unpaired) electrons. The summed E-state index contributed by atoms with van der Waals surface area (Å²) in [5.41, 5.74) is 7.79. The van der Waals surface area contributed by atoms with Crippen LogP contribution in [0.1, 0.15) is 18.0 Å². The molecule has 1 aliphatic rings. The van der Waals surface area contributed by atoms with Crippen molar-refractivity contribution in [2.75, 3.05) is 12.1 Å². The Morgan fingerprint density at radius 3 is 2.43 bits per heavy atom. The number of nitrogens with two attached hydrogens (primary N) is 1. The second-order valence-corrected chi connectivity index (χ2v) is 4.91. The van der Waals surface area contributed by atoms with Gasteiger partial charge in [0, 0.05) is 6.42 Å². The molecule has 2 aromatic carbocycles. The number of hydrogen-bond donors (Lipinski definition) is 1. The predicted molar refractivity (Wildman–Crippen MR) is 80.9 cm³/mol. The van der Waals surface area contributed by atoms with Crippen LogP contribution in [-0.4, -0.2) is 12.9 Å². The van der Waals surface area contributed by atoms with E-state index in [1.807, 2.05) is 29.3 Å². The van der Waals surface area contributed by atoms with Gasteiger partial charge < -0.3 is 10.5 Å². The summed E-state index contributed by atoms with van der Waals surface area (Å²) in [7, 11) is 1.63. The summed E-state index contributed by atoms with van der Waals surface area (Å²) in [6.07, 6.45) is 0.623. The minimum absolute atomic E-state index is 0.0148. The largest absolute Gasteiger partial charge is 0.497 e. The predicted octanol–water partition coefficient (Wildman–Crippen LogP) is 3.06. The van der Waals surface area contributed by atoms with Crippen LogP contribution in [0, 0.1) is 5.82 Å². The minimum Gasteiger partial charge on any atom is -0.497 e. The molecule has 0 saturated heterocycles. The lowest BCUT2D eigenvalue weighted by molar-refractivity contribution is 0.415. The Kier molecular flexibility index (Phi) is 3.48. The third-order valence-corrected chi connectivity index (χ3v) is 3.53. The number of methoxy groups -OCH3 is 1. The highest BCUT2D eigenvalue weighted by molar-refractivity contribution is 5.85. The van der Waals surface area contributed by atoms with Crippen LogP contribution in [0.5, 0.6) is 5.75 Å². The van der Waals surface area contributed by atoms with Crippen molar-refractivity contribution in [1.29, 1.82) is 0 Å². The van der Waals surface area contributed by atoms with Gasteiger partial charge in [0.15, 0.2) is 0 Å². The Hall–Kier alpha value is -2.56. The van der Waals surface area contributed by atoms with Gasteiger partial charge in [-0.25, -0.2) is 4.39 Å². The van der Waals surface area contributed by atoms with Crippen molar-refractivity contribution in [3.8, 4) is 5.75 Å². The third kappa shape index (κ3) is 2.67. The first-order chi connectivity index (χ1) is 10.2. The number of halogens is 1. The highest BCUT2D eigenvalue weighted by Crippen LogP contribution is 2.34. The van der Waals surface area contributed by atoms with Crippen LogP contribution in [0.3, 0.4) is 0 Å². The Bertz CT molecular complexity index is 652. The average molecular weight is 285 g/mol. The van der Waals surface area contributed by atoms with Crippen molar-refractivity contribution < 1.29 is 9.13 Å². The van der Waals surface area contributed by atoms with Crippen LogP contribution < -0.4 is 15.5 Å². The maximum absolute atomic E-state index is 13.1. The molecule has 0 spiro atoms. The zero-order chi connectivity index (χ0) is 14.8. The highest BCUT2D eigenvalue weighted by Gasteiger charge is 2.27. The van der Waals surface area contributed by atoms with Crippen LogP contribution in [0.4, 0.5) is 10.1 Å². The molecule has 0 saturated carbocycles. The van der Waals surface area contributed by atoms with Crippen molar-refractivity contribution in [2.45, 2.75) is 12.5 Å². The van der Waals surface area contributed by atoms with Gasteiger partial charge in [-0.15, -0.1) is 0 Å². The van der Waals surface area contributed by atoms with Gasteiger partial charge in [-0.3, -0.25) is 5.01 Å². The minimum atomic E-state index is -0.248. The van der Waals surface area contributed by atoms with Gasteiger partial charge in [0.2, 0.25) is 0 Å². The normalized spacial score (nSPS) is 17.7. The van der Waals surface area contributed by atoms with E-state index in [0.717, 1.165) is 17.0 Å². The van der Waals surface area contributed by atoms with Gasteiger partial charge >= 0.3 is 0 Å². The zero-order valence-electron chi connectivity index (χ0n) is 11.7. The quantitative estimate of drug-likeness (QED) is 0.943. The number of hydrogen-bond acceptors (Lipinski definition) is 4. The summed E-state index contributed by atoms with van der Waals surface area (Å²) in [5, 5.41) is 6.25. The number of rotatable bonds is 3. The molecular weight excluding hydrogens is 269 g/mol. The lowest BCUT2D eigenvalue weighted by Gasteiger charge is -2.24. The molecule has 21 heavy (non-hydrogen) atoms. The molecule has 4 nitrogen and oxygen atoms in total. The number of hydrazone groups is 1. The van der Waals surface area contributed by atoms with E-state index in [1.54, 1.807) is 19.2 Å². The summed E-state index contributed by atoms with van der Waals surface area (Å²) in [5.74, 6) is 1.11. The van der Waals surface area contributed by atoms with Crippen molar-refractivity contribution >= 4 is 11.5 Å². The standard InChI is InChI=1S/C16H16FN3O/c1-21-14-8-6-13(7-9-14)20-15(10-16(18)19-20)11-2-4-12(17)5-3-11/h2-9,15H,10H2,1H3,(H2,18,19). The molecule has 3 rings (SSSR count). The number of nitrogens with zero attached hydrogens (tertiary/aromatic N) is 2. The van der Waals surface area contributed by atoms with Gasteiger partial charge in [0.1, 0.15) is 17.4 Å².